The summed E-state index contributed by atoms with van der Waals surface area (Å²) in [5, 5.41) is 4.73. The van der Waals surface area contributed by atoms with Crippen molar-refractivity contribution in [2.45, 2.75) is 39.7 Å². The zero-order chi connectivity index (χ0) is 12.3. The van der Waals surface area contributed by atoms with E-state index in [1.165, 1.54) is 18.6 Å². The fraction of sp³-hybridized carbons (Fsp3) is 0.923. The van der Waals surface area contributed by atoms with Gasteiger partial charge in [0, 0.05) is 31.6 Å². The smallest absolute Gasteiger partial charge is 0.156 e. The van der Waals surface area contributed by atoms with Gasteiger partial charge in [-0.15, -0.1) is 0 Å². The van der Waals surface area contributed by atoms with E-state index in [2.05, 4.69) is 31.1 Å². The second-order valence-corrected chi connectivity index (χ2v) is 6.92. The maximum atomic E-state index is 5.40. The van der Waals surface area contributed by atoms with Crippen molar-refractivity contribution in [1.29, 1.82) is 0 Å². The van der Waals surface area contributed by atoms with E-state index in [9.17, 15) is 0 Å². The maximum Gasteiger partial charge on any atom is 0.156 e. The van der Waals surface area contributed by atoms with Crippen molar-refractivity contribution in [2.75, 3.05) is 25.5 Å². The molecule has 0 bridgehead atoms. The van der Waals surface area contributed by atoms with Gasteiger partial charge in [0.05, 0.1) is 0 Å². The standard InChI is InChI=1S/C13H24N2OS/c1-10(11-4-6-16-7-5-11)15-12-14-8-13(2,3)9-17-12/h10-11H,4-9H2,1-3H3,(H,14,15). The van der Waals surface area contributed by atoms with Crippen LogP contribution in [0.2, 0.25) is 0 Å². The van der Waals surface area contributed by atoms with Gasteiger partial charge in [0.15, 0.2) is 5.17 Å². The average Bonchev–Trinajstić information content (AvgIpc) is 2.33. The van der Waals surface area contributed by atoms with Gasteiger partial charge >= 0.3 is 0 Å². The van der Waals surface area contributed by atoms with Crippen molar-refractivity contribution in [3.63, 3.8) is 0 Å². The predicted molar refractivity (Wildman–Crippen MR) is 74.7 cm³/mol. The van der Waals surface area contributed by atoms with Crippen molar-refractivity contribution in [2.24, 2.45) is 16.3 Å². The molecule has 2 heterocycles. The Balaban J connectivity index is 1.82. The molecule has 2 aliphatic rings. The van der Waals surface area contributed by atoms with E-state index in [1.807, 2.05) is 11.8 Å². The molecule has 1 N–H and O–H groups in total. The fourth-order valence-corrected chi connectivity index (χ4v) is 3.30. The molecular weight excluding hydrogens is 232 g/mol. The summed E-state index contributed by atoms with van der Waals surface area (Å²) in [5.74, 6) is 1.90. The third-order valence-electron chi connectivity index (χ3n) is 3.57. The number of hydrogen-bond acceptors (Lipinski definition) is 4. The minimum Gasteiger partial charge on any atom is -0.381 e. The summed E-state index contributed by atoms with van der Waals surface area (Å²) in [6, 6.07) is 0.520. The van der Waals surface area contributed by atoms with Gasteiger partial charge in [-0.05, 0) is 31.1 Å². The normalized spacial score (nSPS) is 27.4. The van der Waals surface area contributed by atoms with Crippen molar-refractivity contribution >= 4 is 16.9 Å². The van der Waals surface area contributed by atoms with E-state index in [0.717, 1.165) is 30.8 Å². The fourth-order valence-electron chi connectivity index (χ4n) is 2.26. The number of amidine groups is 1. The summed E-state index contributed by atoms with van der Waals surface area (Å²) in [6.07, 6.45) is 2.36. The van der Waals surface area contributed by atoms with Gasteiger partial charge in [-0.2, -0.15) is 0 Å². The van der Waals surface area contributed by atoms with Crippen LogP contribution in [-0.2, 0) is 4.74 Å². The summed E-state index contributed by atoms with van der Waals surface area (Å²) in [7, 11) is 0. The van der Waals surface area contributed by atoms with Crippen LogP contribution in [0.5, 0.6) is 0 Å². The zero-order valence-corrected chi connectivity index (χ0v) is 12.0. The van der Waals surface area contributed by atoms with E-state index in [1.54, 1.807) is 0 Å². The molecule has 0 aromatic heterocycles. The van der Waals surface area contributed by atoms with Crippen LogP contribution < -0.4 is 5.32 Å². The molecule has 1 atom stereocenters. The first kappa shape index (κ1) is 13.2. The molecule has 3 nitrogen and oxygen atoms in total. The van der Waals surface area contributed by atoms with Crippen molar-refractivity contribution in [1.82, 2.24) is 5.32 Å². The monoisotopic (exact) mass is 256 g/mol. The Hall–Kier alpha value is -0.220. The van der Waals surface area contributed by atoms with Crippen LogP contribution in [-0.4, -0.2) is 36.7 Å². The number of nitrogens with one attached hydrogen (secondary N) is 1. The van der Waals surface area contributed by atoms with E-state index in [0.29, 0.717) is 11.5 Å². The molecule has 0 radical (unpaired) electrons. The van der Waals surface area contributed by atoms with Gasteiger partial charge in [-0.1, -0.05) is 25.6 Å². The number of rotatable bonds is 2. The van der Waals surface area contributed by atoms with Crippen LogP contribution in [0.25, 0.3) is 0 Å². The molecular formula is C13H24N2OS. The first-order valence-electron chi connectivity index (χ1n) is 6.58. The average molecular weight is 256 g/mol. The molecule has 1 fully saturated rings. The van der Waals surface area contributed by atoms with Crippen LogP contribution in [0, 0.1) is 11.3 Å². The van der Waals surface area contributed by atoms with Crippen LogP contribution >= 0.6 is 11.8 Å². The van der Waals surface area contributed by atoms with Gasteiger partial charge in [-0.25, -0.2) is 0 Å². The molecule has 0 aromatic rings. The van der Waals surface area contributed by atoms with Crippen molar-refractivity contribution < 1.29 is 4.74 Å². The summed E-state index contributed by atoms with van der Waals surface area (Å²) in [5.41, 5.74) is 0.359. The van der Waals surface area contributed by atoms with Gasteiger partial charge in [0.25, 0.3) is 0 Å². The second-order valence-electron chi connectivity index (χ2n) is 5.96. The molecule has 17 heavy (non-hydrogen) atoms. The zero-order valence-electron chi connectivity index (χ0n) is 11.2. The van der Waals surface area contributed by atoms with Gasteiger partial charge in [-0.3, -0.25) is 4.99 Å². The van der Waals surface area contributed by atoms with Gasteiger partial charge in [0.2, 0.25) is 0 Å². The lowest BCUT2D eigenvalue weighted by Crippen LogP contribution is -2.41. The predicted octanol–water partition coefficient (Wildman–Crippen LogP) is 2.52. The molecule has 0 saturated carbocycles. The number of hydrogen-bond donors (Lipinski definition) is 1. The lowest BCUT2D eigenvalue weighted by Gasteiger charge is -2.32. The highest BCUT2D eigenvalue weighted by molar-refractivity contribution is 8.13. The Bertz CT molecular complexity index is 285. The number of thioether (sulfide) groups is 1. The maximum absolute atomic E-state index is 5.40. The van der Waals surface area contributed by atoms with Crippen LogP contribution in [0.15, 0.2) is 4.99 Å². The topological polar surface area (TPSA) is 33.6 Å². The Kier molecular flexibility index (Phi) is 4.36. The third-order valence-corrected chi connectivity index (χ3v) is 5.02. The molecule has 0 aromatic carbocycles. The van der Waals surface area contributed by atoms with E-state index in [-0.39, 0.29) is 0 Å². The first-order chi connectivity index (χ1) is 8.07. The van der Waals surface area contributed by atoms with E-state index < -0.39 is 0 Å². The third kappa shape index (κ3) is 3.88. The Morgan fingerprint density at radius 1 is 1.41 bits per heavy atom. The summed E-state index contributed by atoms with van der Waals surface area (Å²) >= 11 is 1.87. The minimum atomic E-state index is 0.359. The highest BCUT2D eigenvalue weighted by atomic mass is 32.2. The van der Waals surface area contributed by atoms with Crippen LogP contribution in [0.4, 0.5) is 0 Å². The lowest BCUT2D eigenvalue weighted by molar-refractivity contribution is 0.0583. The van der Waals surface area contributed by atoms with Crippen molar-refractivity contribution in [3.8, 4) is 0 Å². The molecule has 0 spiro atoms. The van der Waals surface area contributed by atoms with Crippen LogP contribution in [0.1, 0.15) is 33.6 Å². The van der Waals surface area contributed by atoms with Crippen LogP contribution in [0.3, 0.4) is 0 Å². The molecule has 1 unspecified atom stereocenters. The molecule has 4 heteroatoms. The van der Waals surface area contributed by atoms with E-state index in [4.69, 9.17) is 4.74 Å². The number of ether oxygens (including phenoxy) is 1. The van der Waals surface area contributed by atoms with Gasteiger partial charge < -0.3 is 10.1 Å². The highest BCUT2D eigenvalue weighted by Crippen LogP contribution is 2.28. The molecule has 2 rings (SSSR count). The summed E-state index contributed by atoms with van der Waals surface area (Å²) in [6.45, 7) is 9.62. The van der Waals surface area contributed by atoms with Gasteiger partial charge in [0.1, 0.15) is 0 Å². The first-order valence-corrected chi connectivity index (χ1v) is 7.57. The molecule has 0 aliphatic carbocycles. The lowest BCUT2D eigenvalue weighted by atomic mass is 9.93. The molecule has 0 amide bonds. The summed E-state index contributed by atoms with van der Waals surface area (Å²) in [4.78, 5) is 4.65. The van der Waals surface area contributed by atoms with Crippen molar-refractivity contribution in [3.05, 3.63) is 0 Å². The number of nitrogens with zero attached hydrogens (tertiary/aromatic N) is 1. The Labute approximate surface area is 109 Å². The minimum absolute atomic E-state index is 0.359. The second kappa shape index (κ2) is 5.61. The Morgan fingerprint density at radius 2 is 2.12 bits per heavy atom. The largest absolute Gasteiger partial charge is 0.381 e. The quantitative estimate of drug-likeness (QED) is 0.824. The van der Waals surface area contributed by atoms with E-state index >= 15 is 0 Å². The molecule has 2 aliphatic heterocycles. The summed E-state index contributed by atoms with van der Waals surface area (Å²) < 4.78 is 5.40. The molecule has 98 valence electrons. The molecule has 1 saturated heterocycles. The Morgan fingerprint density at radius 3 is 2.71 bits per heavy atom. The SMILES string of the molecule is CC(NC1=NCC(C)(C)CS1)C1CCOCC1. The number of aliphatic imine (C=N–C) groups is 1. The highest BCUT2D eigenvalue weighted by Gasteiger charge is 2.26.